The fourth-order valence-corrected chi connectivity index (χ4v) is 2.40. The Bertz CT molecular complexity index is 656. The Labute approximate surface area is 122 Å². The molecule has 0 spiro atoms. The van der Waals surface area contributed by atoms with Crippen LogP contribution in [0.4, 0.5) is 0 Å². The molecule has 0 atom stereocenters. The molecule has 2 heterocycles. The third-order valence-electron chi connectivity index (χ3n) is 2.78. The average molecular weight is 288 g/mol. The van der Waals surface area contributed by atoms with Crippen molar-refractivity contribution >= 4 is 18.2 Å². The molecule has 3 rings (SSSR count). The van der Waals surface area contributed by atoms with Crippen molar-refractivity contribution in [2.24, 2.45) is 4.40 Å². The fourth-order valence-electron chi connectivity index (χ4n) is 1.91. The molecule has 5 heteroatoms. The molecule has 0 unspecified atom stereocenters. The molecule has 4 nitrogen and oxygen atoms in total. The second-order valence-electron chi connectivity index (χ2n) is 5.61. The molecule has 0 aliphatic carbocycles. The van der Waals surface area contributed by atoms with Crippen molar-refractivity contribution in [1.29, 1.82) is 0 Å². The minimum absolute atomic E-state index is 0.121. The van der Waals surface area contributed by atoms with Crippen LogP contribution >= 0.6 is 11.9 Å². The lowest BCUT2D eigenvalue weighted by Crippen LogP contribution is -2.05. The zero-order valence-corrected chi connectivity index (χ0v) is 12.5. The molecule has 2 aromatic rings. The molecule has 0 N–H and O–H groups in total. The number of nitrogens with zero attached hydrogens (tertiary/aromatic N) is 2. The highest BCUT2D eigenvalue weighted by Gasteiger charge is 2.21. The Hall–Kier alpha value is -1.75. The highest BCUT2D eigenvalue weighted by atomic mass is 32.2. The van der Waals surface area contributed by atoms with E-state index in [1.807, 2.05) is 24.4 Å². The van der Waals surface area contributed by atoms with Gasteiger partial charge in [0.2, 0.25) is 0 Å². The van der Waals surface area contributed by atoms with E-state index in [4.69, 9.17) is 9.15 Å². The normalized spacial score (nSPS) is 13.9. The third kappa shape index (κ3) is 2.72. The van der Waals surface area contributed by atoms with E-state index < -0.39 is 0 Å². The summed E-state index contributed by atoms with van der Waals surface area (Å²) >= 11 is 1.56. The molecule has 0 saturated carbocycles. The van der Waals surface area contributed by atoms with Crippen molar-refractivity contribution in [1.82, 2.24) is 4.98 Å². The summed E-state index contributed by atoms with van der Waals surface area (Å²) < 4.78 is 15.6. The maximum atomic E-state index is 5.71. The summed E-state index contributed by atoms with van der Waals surface area (Å²) in [6, 6.07) is 5.97. The molecule has 0 fully saturated rings. The van der Waals surface area contributed by atoms with Gasteiger partial charge in [0.25, 0.3) is 0 Å². The van der Waals surface area contributed by atoms with Crippen molar-refractivity contribution in [3.8, 4) is 17.1 Å². The Morgan fingerprint density at radius 3 is 3.00 bits per heavy atom. The second-order valence-corrected chi connectivity index (χ2v) is 7.23. The Morgan fingerprint density at radius 2 is 2.20 bits per heavy atom. The monoisotopic (exact) mass is 288 g/mol. The number of fused-ring (bicyclic) bond motifs is 3. The number of oxazole rings is 1. The third-order valence-corrected chi connectivity index (χ3v) is 3.54. The van der Waals surface area contributed by atoms with Crippen molar-refractivity contribution in [3.63, 3.8) is 0 Å². The minimum atomic E-state index is 0.121. The molecule has 104 valence electrons. The largest absolute Gasteiger partial charge is 0.486 e. The standard InChI is InChI=1S/C15H16N2O2S/c1-15(2,3)20-17-7-10-4-5-11-13(6-10)18-8-12-14(11)19-9-16-12/h4-7,9H,8H2,1-3H3. The quantitative estimate of drug-likeness (QED) is 0.616. The molecule has 0 saturated heterocycles. The van der Waals surface area contributed by atoms with Gasteiger partial charge in [-0.25, -0.2) is 9.38 Å². The summed E-state index contributed by atoms with van der Waals surface area (Å²) in [5.74, 6) is 1.62. The molecule has 0 radical (unpaired) electrons. The first-order chi connectivity index (χ1) is 9.53. The van der Waals surface area contributed by atoms with Crippen LogP contribution in [-0.2, 0) is 6.61 Å². The smallest absolute Gasteiger partial charge is 0.181 e. The van der Waals surface area contributed by atoms with E-state index in [0.717, 1.165) is 28.3 Å². The molecular weight excluding hydrogens is 272 g/mol. The second kappa shape index (κ2) is 4.98. The Morgan fingerprint density at radius 1 is 1.35 bits per heavy atom. The van der Waals surface area contributed by atoms with Gasteiger partial charge in [0.15, 0.2) is 12.2 Å². The van der Waals surface area contributed by atoms with Crippen molar-refractivity contribution in [2.75, 3.05) is 0 Å². The maximum Gasteiger partial charge on any atom is 0.181 e. The lowest BCUT2D eigenvalue weighted by atomic mass is 10.1. The predicted octanol–water partition coefficient (Wildman–Crippen LogP) is 4.10. The highest BCUT2D eigenvalue weighted by molar-refractivity contribution is 7.99. The van der Waals surface area contributed by atoms with E-state index in [0.29, 0.717) is 6.61 Å². The first kappa shape index (κ1) is 13.2. The van der Waals surface area contributed by atoms with Crippen molar-refractivity contribution in [3.05, 3.63) is 35.9 Å². The zero-order chi connectivity index (χ0) is 14.2. The van der Waals surface area contributed by atoms with E-state index in [2.05, 4.69) is 30.2 Å². The summed E-state index contributed by atoms with van der Waals surface area (Å²) in [5, 5.41) is 0. The van der Waals surface area contributed by atoms with Crippen LogP contribution in [0.3, 0.4) is 0 Å². The Balaban J connectivity index is 1.85. The van der Waals surface area contributed by atoms with E-state index in [9.17, 15) is 0 Å². The number of ether oxygens (including phenoxy) is 1. The fraction of sp³-hybridized carbons (Fsp3) is 0.333. The summed E-state index contributed by atoms with van der Waals surface area (Å²) in [6.45, 7) is 6.86. The predicted molar refractivity (Wildman–Crippen MR) is 81.2 cm³/mol. The highest BCUT2D eigenvalue weighted by Crippen LogP contribution is 2.37. The number of hydrogen-bond donors (Lipinski definition) is 0. The molecule has 0 bridgehead atoms. The summed E-state index contributed by atoms with van der Waals surface area (Å²) in [4.78, 5) is 4.13. The number of aromatic nitrogens is 1. The van der Waals surface area contributed by atoms with Gasteiger partial charge in [-0.05, 0) is 50.4 Å². The molecule has 1 aliphatic rings. The van der Waals surface area contributed by atoms with Gasteiger partial charge in [0.05, 0.1) is 5.56 Å². The number of hydrogen-bond acceptors (Lipinski definition) is 5. The summed E-state index contributed by atoms with van der Waals surface area (Å²) in [5.41, 5.74) is 2.81. The lowest BCUT2D eigenvalue weighted by molar-refractivity contribution is 0.295. The van der Waals surface area contributed by atoms with Gasteiger partial charge in [0, 0.05) is 11.0 Å². The lowest BCUT2D eigenvalue weighted by Gasteiger charge is -2.16. The van der Waals surface area contributed by atoms with Gasteiger partial charge in [-0.2, -0.15) is 0 Å². The van der Waals surface area contributed by atoms with E-state index in [1.165, 1.54) is 6.39 Å². The maximum absolute atomic E-state index is 5.71. The van der Waals surface area contributed by atoms with E-state index >= 15 is 0 Å². The van der Waals surface area contributed by atoms with Gasteiger partial charge >= 0.3 is 0 Å². The van der Waals surface area contributed by atoms with Crippen LogP contribution in [0.5, 0.6) is 5.75 Å². The van der Waals surface area contributed by atoms with Gasteiger partial charge in [-0.1, -0.05) is 6.07 Å². The van der Waals surface area contributed by atoms with E-state index in [1.54, 1.807) is 11.9 Å². The SMILES string of the molecule is CC(C)(C)SN=Cc1ccc2c(c1)OCc1ncoc1-2. The summed E-state index contributed by atoms with van der Waals surface area (Å²) in [7, 11) is 0. The molecule has 1 aromatic carbocycles. The van der Waals surface area contributed by atoms with Crippen LogP contribution < -0.4 is 4.74 Å². The molecular formula is C15H16N2O2S. The van der Waals surface area contributed by atoms with Crippen molar-refractivity contribution < 1.29 is 9.15 Å². The van der Waals surface area contributed by atoms with Crippen LogP contribution in [0, 0.1) is 0 Å². The molecule has 1 aromatic heterocycles. The van der Waals surface area contributed by atoms with Gasteiger partial charge in [-0.15, -0.1) is 0 Å². The molecule has 0 amide bonds. The first-order valence-electron chi connectivity index (χ1n) is 6.44. The number of rotatable bonds is 2. The van der Waals surface area contributed by atoms with E-state index in [-0.39, 0.29) is 4.75 Å². The average Bonchev–Trinajstić information content (AvgIpc) is 2.85. The first-order valence-corrected chi connectivity index (χ1v) is 7.21. The van der Waals surface area contributed by atoms with Gasteiger partial charge in [-0.3, -0.25) is 0 Å². The van der Waals surface area contributed by atoms with Crippen LogP contribution in [0.1, 0.15) is 32.0 Å². The topological polar surface area (TPSA) is 47.6 Å². The zero-order valence-electron chi connectivity index (χ0n) is 11.7. The minimum Gasteiger partial charge on any atom is -0.486 e. The van der Waals surface area contributed by atoms with Gasteiger partial charge in [0.1, 0.15) is 18.1 Å². The van der Waals surface area contributed by atoms with Crippen molar-refractivity contribution in [2.45, 2.75) is 32.1 Å². The van der Waals surface area contributed by atoms with Crippen LogP contribution in [0.25, 0.3) is 11.3 Å². The summed E-state index contributed by atoms with van der Waals surface area (Å²) in [6.07, 6.45) is 3.31. The molecule has 20 heavy (non-hydrogen) atoms. The van der Waals surface area contributed by atoms with Crippen LogP contribution in [0.15, 0.2) is 33.4 Å². The number of benzene rings is 1. The van der Waals surface area contributed by atoms with Gasteiger partial charge < -0.3 is 9.15 Å². The van der Waals surface area contributed by atoms with Crippen LogP contribution in [-0.4, -0.2) is 15.9 Å². The Kier molecular flexibility index (Phi) is 3.30. The molecule has 1 aliphatic heterocycles. The van der Waals surface area contributed by atoms with Crippen LogP contribution in [0.2, 0.25) is 0 Å².